The summed E-state index contributed by atoms with van der Waals surface area (Å²) in [6.45, 7) is 6.68. The molecular formula is C25H27NO8. The zero-order valence-corrected chi connectivity index (χ0v) is 18.6. The van der Waals surface area contributed by atoms with Crippen LogP contribution in [-0.4, -0.2) is 50.5 Å². The summed E-state index contributed by atoms with van der Waals surface area (Å²) < 4.78 is 26.8. The fourth-order valence-electron chi connectivity index (χ4n) is 2.53. The summed E-state index contributed by atoms with van der Waals surface area (Å²) in [6, 6.07) is 16.0. The van der Waals surface area contributed by atoms with Crippen LogP contribution < -0.4 is 14.8 Å². The van der Waals surface area contributed by atoms with Crippen LogP contribution >= 0.6 is 0 Å². The zero-order valence-electron chi connectivity index (χ0n) is 18.6. The highest BCUT2D eigenvalue weighted by Gasteiger charge is 2.18. The van der Waals surface area contributed by atoms with Crippen molar-refractivity contribution in [2.75, 3.05) is 26.4 Å². The van der Waals surface area contributed by atoms with Gasteiger partial charge in [-0.2, -0.15) is 0 Å². The zero-order chi connectivity index (χ0) is 24.6. The van der Waals surface area contributed by atoms with Crippen molar-refractivity contribution in [1.82, 2.24) is 5.32 Å². The average molecular weight is 469 g/mol. The third-order valence-corrected chi connectivity index (χ3v) is 4.17. The molecule has 1 unspecified atom stereocenters. The summed E-state index contributed by atoms with van der Waals surface area (Å²) in [7, 11) is 0. The second kappa shape index (κ2) is 14.7. The van der Waals surface area contributed by atoms with Crippen LogP contribution in [0.5, 0.6) is 11.5 Å². The summed E-state index contributed by atoms with van der Waals surface area (Å²) in [5, 5.41) is 2.49. The molecule has 0 aliphatic rings. The fraction of sp³-hybridized carbons (Fsp3) is 0.240. The minimum Gasteiger partial charge on any atom is -0.490 e. The van der Waals surface area contributed by atoms with Crippen molar-refractivity contribution in [2.24, 2.45) is 0 Å². The maximum absolute atomic E-state index is 12.2. The first-order valence-corrected chi connectivity index (χ1v) is 10.4. The third kappa shape index (κ3) is 9.90. The van der Waals surface area contributed by atoms with E-state index in [2.05, 4.69) is 18.5 Å². The number of benzene rings is 2. The van der Waals surface area contributed by atoms with Crippen LogP contribution in [-0.2, 0) is 30.4 Å². The van der Waals surface area contributed by atoms with Crippen molar-refractivity contribution in [2.45, 2.75) is 12.7 Å². The number of carbonyl (C=O) groups is 3. The first-order chi connectivity index (χ1) is 16.5. The molecule has 34 heavy (non-hydrogen) atoms. The molecule has 2 rings (SSSR count). The Kier molecular flexibility index (Phi) is 11.3. The highest BCUT2D eigenvalue weighted by Crippen LogP contribution is 2.20. The molecule has 180 valence electrons. The Morgan fingerprint density at radius 3 is 2.24 bits per heavy atom. The molecule has 0 aromatic heterocycles. The highest BCUT2D eigenvalue weighted by atomic mass is 16.6. The van der Waals surface area contributed by atoms with Crippen molar-refractivity contribution in [3.8, 4) is 11.5 Å². The normalized spacial score (nSPS) is 10.8. The summed E-state index contributed by atoms with van der Waals surface area (Å²) >= 11 is 0. The SMILES string of the molecule is C=CC(=O)OCCNC(=O)OC(COc1ccccc1)COc1ccccc1COC(=O)C=C. The number of rotatable bonds is 14. The third-order valence-electron chi connectivity index (χ3n) is 4.17. The van der Waals surface area contributed by atoms with E-state index in [1.807, 2.05) is 18.2 Å². The van der Waals surface area contributed by atoms with Gasteiger partial charge in [-0.05, 0) is 18.2 Å². The topological polar surface area (TPSA) is 109 Å². The van der Waals surface area contributed by atoms with E-state index in [4.69, 9.17) is 23.7 Å². The lowest BCUT2D eigenvalue weighted by atomic mass is 10.2. The maximum atomic E-state index is 12.2. The molecular weight excluding hydrogens is 442 g/mol. The first kappa shape index (κ1) is 26.0. The van der Waals surface area contributed by atoms with E-state index in [1.165, 1.54) is 0 Å². The Morgan fingerprint density at radius 1 is 0.853 bits per heavy atom. The van der Waals surface area contributed by atoms with Crippen molar-refractivity contribution < 1.29 is 38.1 Å². The molecule has 0 fully saturated rings. The number of hydrogen-bond donors (Lipinski definition) is 1. The van der Waals surface area contributed by atoms with Gasteiger partial charge in [0.15, 0.2) is 6.10 Å². The molecule has 1 atom stereocenters. The second-order valence-electron chi connectivity index (χ2n) is 6.68. The molecule has 1 N–H and O–H groups in total. The van der Waals surface area contributed by atoms with Crippen molar-refractivity contribution in [3.63, 3.8) is 0 Å². The van der Waals surface area contributed by atoms with E-state index in [0.717, 1.165) is 12.2 Å². The van der Waals surface area contributed by atoms with Crippen LogP contribution in [0.25, 0.3) is 0 Å². The van der Waals surface area contributed by atoms with Gasteiger partial charge in [0.25, 0.3) is 0 Å². The van der Waals surface area contributed by atoms with E-state index < -0.39 is 24.1 Å². The molecule has 9 nitrogen and oxygen atoms in total. The molecule has 9 heteroatoms. The van der Waals surface area contributed by atoms with Crippen molar-refractivity contribution >= 4 is 18.0 Å². The van der Waals surface area contributed by atoms with Gasteiger partial charge in [0.2, 0.25) is 0 Å². The van der Waals surface area contributed by atoms with Gasteiger partial charge in [0, 0.05) is 17.7 Å². The Hall–Kier alpha value is -4.27. The predicted octanol–water partition coefficient (Wildman–Crippen LogP) is 3.20. The largest absolute Gasteiger partial charge is 0.490 e. The van der Waals surface area contributed by atoms with Crippen LogP contribution in [0.15, 0.2) is 79.9 Å². The van der Waals surface area contributed by atoms with Gasteiger partial charge in [0.05, 0.1) is 6.54 Å². The number of ether oxygens (including phenoxy) is 5. The maximum Gasteiger partial charge on any atom is 0.407 e. The van der Waals surface area contributed by atoms with E-state index in [1.54, 1.807) is 36.4 Å². The van der Waals surface area contributed by atoms with E-state index in [9.17, 15) is 14.4 Å². The monoisotopic (exact) mass is 469 g/mol. The number of esters is 2. The molecule has 0 aliphatic carbocycles. The Bertz CT molecular complexity index is 960. The molecule has 0 saturated carbocycles. The molecule has 0 spiro atoms. The molecule has 0 radical (unpaired) electrons. The number of nitrogens with one attached hydrogen (secondary N) is 1. The number of amides is 1. The lowest BCUT2D eigenvalue weighted by molar-refractivity contribution is -0.139. The van der Waals surface area contributed by atoms with Crippen LogP contribution in [0.1, 0.15) is 5.56 Å². The summed E-state index contributed by atoms with van der Waals surface area (Å²) in [5.74, 6) is -0.0770. The summed E-state index contributed by atoms with van der Waals surface area (Å²) in [5.41, 5.74) is 0.633. The molecule has 0 heterocycles. The molecule has 2 aromatic carbocycles. The van der Waals surface area contributed by atoms with Gasteiger partial charge in [-0.1, -0.05) is 49.6 Å². The Balaban J connectivity index is 1.95. The molecule has 0 saturated heterocycles. The number of para-hydroxylation sites is 2. The second-order valence-corrected chi connectivity index (χ2v) is 6.68. The Morgan fingerprint density at radius 2 is 1.50 bits per heavy atom. The standard InChI is InChI=1S/C25H27NO8/c1-3-23(27)30-15-14-26-25(29)34-21(17-31-20-11-6-5-7-12-20)18-32-22-13-9-8-10-19(22)16-33-24(28)4-2/h3-13,21H,1-2,14-18H2,(H,26,29). The average Bonchev–Trinajstić information content (AvgIpc) is 2.87. The summed E-state index contributed by atoms with van der Waals surface area (Å²) in [4.78, 5) is 34.6. The highest BCUT2D eigenvalue weighted by molar-refractivity contribution is 5.81. The lowest BCUT2D eigenvalue weighted by Crippen LogP contribution is -2.37. The smallest absolute Gasteiger partial charge is 0.407 e. The minimum atomic E-state index is -0.778. The van der Waals surface area contributed by atoms with E-state index >= 15 is 0 Å². The van der Waals surface area contributed by atoms with E-state index in [0.29, 0.717) is 17.1 Å². The van der Waals surface area contributed by atoms with Crippen LogP contribution in [0, 0.1) is 0 Å². The molecule has 0 aliphatic heterocycles. The number of hydrogen-bond acceptors (Lipinski definition) is 8. The minimum absolute atomic E-state index is 0.00300. The van der Waals surface area contributed by atoms with Crippen molar-refractivity contribution in [3.05, 3.63) is 85.5 Å². The van der Waals surface area contributed by atoms with Crippen LogP contribution in [0.3, 0.4) is 0 Å². The Labute approximate surface area is 197 Å². The lowest BCUT2D eigenvalue weighted by Gasteiger charge is -2.20. The van der Waals surface area contributed by atoms with Crippen LogP contribution in [0.4, 0.5) is 4.79 Å². The first-order valence-electron chi connectivity index (χ1n) is 10.4. The van der Waals surface area contributed by atoms with Crippen molar-refractivity contribution in [1.29, 1.82) is 0 Å². The number of alkyl carbamates (subject to hydrolysis) is 1. The van der Waals surface area contributed by atoms with E-state index in [-0.39, 0.29) is 33.0 Å². The number of carbonyl (C=O) groups excluding carboxylic acids is 3. The quantitative estimate of drug-likeness (QED) is 0.194. The summed E-state index contributed by atoms with van der Waals surface area (Å²) in [6.07, 6.45) is 0.599. The van der Waals surface area contributed by atoms with Crippen LogP contribution in [0.2, 0.25) is 0 Å². The molecule has 0 bridgehead atoms. The van der Waals surface area contributed by atoms with Gasteiger partial charge in [0.1, 0.15) is 37.9 Å². The van der Waals surface area contributed by atoms with Gasteiger partial charge < -0.3 is 29.0 Å². The fourth-order valence-corrected chi connectivity index (χ4v) is 2.53. The van der Waals surface area contributed by atoms with Gasteiger partial charge >= 0.3 is 18.0 Å². The predicted molar refractivity (Wildman–Crippen MR) is 123 cm³/mol. The van der Waals surface area contributed by atoms with Gasteiger partial charge in [-0.25, -0.2) is 14.4 Å². The molecule has 1 amide bonds. The van der Waals surface area contributed by atoms with Gasteiger partial charge in [-0.15, -0.1) is 0 Å². The van der Waals surface area contributed by atoms with Gasteiger partial charge in [-0.3, -0.25) is 0 Å². The molecule has 2 aromatic rings.